The number of nitro groups is 2. The molecule has 15 heteroatoms. The predicted molar refractivity (Wildman–Crippen MR) is 86.6 cm³/mol. The fourth-order valence-electron chi connectivity index (χ4n) is 1.91. The largest absolute Gasteiger partial charge is 0.866 e. The molecule has 0 fully saturated rings. The first-order valence-corrected chi connectivity index (χ1v) is 8.03. The van der Waals surface area contributed by atoms with E-state index in [0.717, 1.165) is 6.07 Å². The van der Waals surface area contributed by atoms with Gasteiger partial charge in [-0.25, -0.2) is 8.42 Å². The highest BCUT2D eigenvalue weighted by atomic mass is 32.2. The summed E-state index contributed by atoms with van der Waals surface area (Å²) in [6, 6.07) is 2.69. The summed E-state index contributed by atoms with van der Waals surface area (Å²) in [6.45, 7) is 0. The van der Waals surface area contributed by atoms with Crippen LogP contribution in [0.15, 0.2) is 39.4 Å². The maximum atomic E-state index is 12.0. The topological polar surface area (TPSA) is 243 Å². The van der Waals surface area contributed by atoms with Crippen LogP contribution in [0.5, 0.6) is 5.75 Å². The van der Waals surface area contributed by atoms with Gasteiger partial charge in [0.15, 0.2) is 0 Å². The van der Waals surface area contributed by atoms with E-state index in [1.165, 1.54) is 0 Å². The molecule has 142 valence electrons. The summed E-state index contributed by atoms with van der Waals surface area (Å²) in [4.78, 5) is 18.7. The number of hydrogen-bond acceptors (Lipinski definition) is 12. The number of nitrogens with zero attached hydrogens (tertiary/aromatic N) is 4. The predicted octanol–water partition coefficient (Wildman–Crippen LogP) is 1.06. The van der Waals surface area contributed by atoms with Gasteiger partial charge in [-0.05, 0) is 12.1 Å². The maximum Gasteiger partial charge on any atom is 0.278 e. The van der Waals surface area contributed by atoms with Crippen molar-refractivity contribution in [3.05, 3.63) is 44.5 Å². The Morgan fingerprint density at radius 3 is 2.00 bits per heavy atom. The van der Waals surface area contributed by atoms with Gasteiger partial charge in [-0.2, -0.15) is 5.11 Å². The van der Waals surface area contributed by atoms with Crippen LogP contribution in [0.4, 0.5) is 34.1 Å². The van der Waals surface area contributed by atoms with Crippen molar-refractivity contribution in [2.45, 2.75) is 4.90 Å². The number of anilines is 2. The molecule has 0 unspecified atom stereocenters. The molecular formula is C12H8N6O8S-2. The van der Waals surface area contributed by atoms with Gasteiger partial charge in [-0.1, -0.05) is 0 Å². The van der Waals surface area contributed by atoms with Gasteiger partial charge in [-0.15, -0.1) is 5.11 Å². The fraction of sp³-hybridized carbons (Fsp3) is 0. The molecule has 0 aliphatic carbocycles. The molecule has 0 radical (unpaired) electrons. The Labute approximate surface area is 149 Å². The van der Waals surface area contributed by atoms with E-state index in [0.29, 0.717) is 18.2 Å². The highest BCUT2D eigenvalue weighted by Crippen LogP contribution is 2.39. The SMILES string of the molecule is Nc1cc(N)c(S(=O)(=O)[O-])cc1N=Nc1cc([N+](=O)[O-])cc([N+](=O)[O-])c1[O-]. The molecule has 0 spiro atoms. The number of benzene rings is 2. The summed E-state index contributed by atoms with van der Waals surface area (Å²) in [5.41, 5.74) is 7.22. The molecule has 2 aromatic carbocycles. The van der Waals surface area contributed by atoms with Gasteiger partial charge >= 0.3 is 0 Å². The number of non-ortho nitro benzene ring substituents is 1. The average molecular weight is 396 g/mol. The second kappa shape index (κ2) is 6.81. The maximum absolute atomic E-state index is 12.0. The zero-order valence-corrected chi connectivity index (χ0v) is 13.7. The fourth-order valence-corrected chi connectivity index (χ4v) is 2.52. The van der Waals surface area contributed by atoms with E-state index in [2.05, 4.69) is 10.2 Å². The van der Waals surface area contributed by atoms with Gasteiger partial charge in [0.1, 0.15) is 15.8 Å². The third-order valence-electron chi connectivity index (χ3n) is 3.14. The summed E-state index contributed by atoms with van der Waals surface area (Å²) < 4.78 is 33.4. The van der Waals surface area contributed by atoms with Crippen LogP contribution in [-0.4, -0.2) is 22.8 Å². The van der Waals surface area contributed by atoms with E-state index >= 15 is 0 Å². The van der Waals surface area contributed by atoms with Crippen molar-refractivity contribution in [1.82, 2.24) is 0 Å². The van der Waals surface area contributed by atoms with Crippen molar-refractivity contribution < 1.29 is 27.9 Å². The van der Waals surface area contributed by atoms with E-state index in [9.17, 15) is 38.3 Å². The lowest BCUT2D eigenvalue weighted by Gasteiger charge is -2.12. The molecule has 0 amide bonds. The lowest BCUT2D eigenvalue weighted by Crippen LogP contribution is -2.04. The van der Waals surface area contributed by atoms with E-state index in [-0.39, 0.29) is 5.69 Å². The number of nitrogens with two attached hydrogens (primary N) is 2. The quantitative estimate of drug-likeness (QED) is 0.239. The van der Waals surface area contributed by atoms with Crippen molar-refractivity contribution in [2.75, 3.05) is 11.5 Å². The molecular weight excluding hydrogens is 388 g/mol. The summed E-state index contributed by atoms with van der Waals surface area (Å²) in [6.07, 6.45) is 0. The van der Waals surface area contributed by atoms with E-state index in [1.54, 1.807) is 0 Å². The molecule has 0 heterocycles. The van der Waals surface area contributed by atoms with Crippen LogP contribution in [0.3, 0.4) is 0 Å². The average Bonchev–Trinajstić information content (AvgIpc) is 2.53. The van der Waals surface area contributed by atoms with Crippen LogP contribution in [-0.2, 0) is 10.1 Å². The molecule has 0 aliphatic rings. The first-order valence-electron chi connectivity index (χ1n) is 6.62. The van der Waals surface area contributed by atoms with Crippen molar-refractivity contribution in [3.8, 4) is 5.75 Å². The highest BCUT2D eigenvalue weighted by Gasteiger charge is 2.19. The minimum atomic E-state index is -4.97. The number of azo groups is 1. The third-order valence-corrected chi connectivity index (χ3v) is 4.03. The van der Waals surface area contributed by atoms with Crippen LogP contribution in [0.2, 0.25) is 0 Å². The van der Waals surface area contributed by atoms with Crippen LogP contribution in [0, 0.1) is 20.2 Å². The minimum Gasteiger partial charge on any atom is -0.866 e. The molecule has 0 aromatic heterocycles. The third kappa shape index (κ3) is 4.05. The zero-order chi connectivity index (χ0) is 20.5. The smallest absolute Gasteiger partial charge is 0.278 e. The van der Waals surface area contributed by atoms with Crippen LogP contribution in [0.1, 0.15) is 0 Å². The van der Waals surface area contributed by atoms with E-state index in [1.807, 2.05) is 0 Å². The number of nitrogen functional groups attached to an aromatic ring is 2. The molecule has 14 nitrogen and oxygen atoms in total. The Morgan fingerprint density at radius 1 is 0.889 bits per heavy atom. The van der Waals surface area contributed by atoms with Gasteiger partial charge in [0, 0.05) is 11.8 Å². The zero-order valence-electron chi connectivity index (χ0n) is 12.9. The first kappa shape index (κ1) is 19.5. The van der Waals surface area contributed by atoms with Gasteiger partial charge < -0.3 is 21.1 Å². The summed E-state index contributed by atoms with van der Waals surface area (Å²) >= 11 is 0. The molecule has 0 saturated carbocycles. The summed E-state index contributed by atoms with van der Waals surface area (Å²) in [5, 5.41) is 40.4. The molecule has 0 aliphatic heterocycles. The van der Waals surface area contributed by atoms with Crippen LogP contribution < -0.4 is 16.6 Å². The standard InChI is InChI=1S/C12H10N6O8S/c13-6-3-7(14)11(27(24,25)26)4-8(6)15-16-9-1-5(17(20)21)2-10(12(9)19)18(22)23/h1-4,19H,13-14H2,(H,24,25,26)/p-2. The van der Waals surface area contributed by atoms with Gasteiger partial charge in [0.05, 0.1) is 37.9 Å². The molecule has 0 saturated heterocycles. The van der Waals surface area contributed by atoms with E-state index < -0.39 is 59.0 Å². The number of hydrogen-bond donors (Lipinski definition) is 2. The Kier molecular flexibility index (Phi) is 4.91. The molecule has 2 aromatic rings. The summed E-state index contributed by atoms with van der Waals surface area (Å²) in [5.74, 6) is -1.26. The highest BCUT2D eigenvalue weighted by molar-refractivity contribution is 7.86. The second-order valence-electron chi connectivity index (χ2n) is 4.93. The van der Waals surface area contributed by atoms with E-state index in [4.69, 9.17) is 11.5 Å². The number of nitro benzene ring substituents is 2. The van der Waals surface area contributed by atoms with Crippen molar-refractivity contribution in [2.24, 2.45) is 10.2 Å². The van der Waals surface area contributed by atoms with Crippen LogP contribution in [0.25, 0.3) is 0 Å². The lowest BCUT2D eigenvalue weighted by atomic mass is 10.2. The normalized spacial score (nSPS) is 11.6. The van der Waals surface area contributed by atoms with Gasteiger partial charge in [0.25, 0.3) is 11.4 Å². The van der Waals surface area contributed by atoms with Crippen molar-refractivity contribution >= 4 is 44.2 Å². The number of rotatable bonds is 5. The molecule has 0 bridgehead atoms. The molecule has 4 N–H and O–H groups in total. The van der Waals surface area contributed by atoms with Crippen molar-refractivity contribution in [1.29, 1.82) is 0 Å². The monoisotopic (exact) mass is 396 g/mol. The molecule has 27 heavy (non-hydrogen) atoms. The Bertz CT molecular complexity index is 1100. The Hall–Kier alpha value is -3.85. The van der Waals surface area contributed by atoms with Crippen molar-refractivity contribution in [3.63, 3.8) is 0 Å². The first-order chi connectivity index (χ1) is 12.4. The Balaban J connectivity index is 2.62. The van der Waals surface area contributed by atoms with Crippen LogP contribution >= 0.6 is 0 Å². The van der Waals surface area contributed by atoms with Gasteiger partial charge in [-0.3, -0.25) is 20.2 Å². The summed E-state index contributed by atoms with van der Waals surface area (Å²) in [7, 11) is -4.97. The molecule has 0 atom stereocenters. The Morgan fingerprint density at radius 2 is 1.48 bits per heavy atom. The van der Waals surface area contributed by atoms with Gasteiger partial charge in [0.2, 0.25) is 0 Å². The second-order valence-corrected chi connectivity index (χ2v) is 6.28. The minimum absolute atomic E-state index is 0.226. The lowest BCUT2D eigenvalue weighted by molar-refractivity contribution is -0.403. The molecule has 2 rings (SSSR count).